The van der Waals surface area contributed by atoms with Crippen LogP contribution in [-0.2, 0) is 0 Å². The Kier molecular flexibility index (Phi) is 3.19. The molecule has 142 valence electrons. The number of nitrogens with one attached hydrogen (secondary N) is 2. The molecule has 0 bridgehead atoms. The number of pyridine rings is 1. The predicted octanol–water partition coefficient (Wildman–Crippen LogP) is 3.77. The molecule has 8 nitrogen and oxygen atoms in total. The topological polar surface area (TPSA) is 117 Å². The number of phenolic OH excluding ortho intramolecular Hbond substituents is 1. The van der Waals surface area contributed by atoms with Gasteiger partial charge in [-0.2, -0.15) is 0 Å². The van der Waals surface area contributed by atoms with E-state index < -0.39 is 11.2 Å². The zero-order valence-corrected chi connectivity index (χ0v) is 15.4. The minimum Gasteiger partial charge on any atom is -0.502 e. The number of aromatic amines is 2. The first-order chi connectivity index (χ1) is 13.4. The molecule has 0 saturated heterocycles. The molecular weight excluding hydrogens is 362 g/mol. The lowest BCUT2D eigenvalue weighted by molar-refractivity contribution is 0.464. The van der Waals surface area contributed by atoms with Crippen molar-refractivity contribution in [1.82, 2.24) is 14.8 Å². The van der Waals surface area contributed by atoms with Gasteiger partial charge in [0.2, 0.25) is 11.2 Å². The molecule has 0 aliphatic heterocycles. The van der Waals surface area contributed by atoms with Crippen molar-refractivity contribution in [2.45, 2.75) is 26.8 Å². The van der Waals surface area contributed by atoms with Crippen molar-refractivity contribution in [1.29, 1.82) is 0 Å². The molecule has 28 heavy (non-hydrogen) atoms. The highest BCUT2D eigenvalue weighted by molar-refractivity contribution is 6.14. The van der Waals surface area contributed by atoms with E-state index >= 15 is 0 Å². The third-order valence-electron chi connectivity index (χ3n) is 4.95. The number of aromatic hydroxyl groups is 1. The van der Waals surface area contributed by atoms with Gasteiger partial charge in [-0.15, -0.1) is 0 Å². The fourth-order valence-electron chi connectivity index (χ4n) is 3.66. The summed E-state index contributed by atoms with van der Waals surface area (Å²) in [6.45, 7) is 5.71. The van der Waals surface area contributed by atoms with Crippen molar-refractivity contribution in [2.75, 3.05) is 0 Å². The minimum absolute atomic E-state index is 0.00935. The number of aryl methyl sites for hydroxylation is 1. The molecule has 5 rings (SSSR count). The van der Waals surface area contributed by atoms with E-state index in [0.29, 0.717) is 44.6 Å². The highest BCUT2D eigenvalue weighted by Crippen LogP contribution is 2.40. The Morgan fingerprint density at radius 2 is 1.86 bits per heavy atom. The normalized spacial score (nSPS) is 12.1. The largest absolute Gasteiger partial charge is 0.502 e. The van der Waals surface area contributed by atoms with Gasteiger partial charge < -0.3 is 18.9 Å². The van der Waals surface area contributed by atoms with Gasteiger partial charge in [0.25, 0.3) is 5.56 Å². The lowest BCUT2D eigenvalue weighted by Gasteiger charge is -2.09. The van der Waals surface area contributed by atoms with Crippen molar-refractivity contribution >= 4 is 33.1 Å². The third kappa shape index (κ3) is 2.05. The maximum atomic E-state index is 12.8. The van der Waals surface area contributed by atoms with Crippen LogP contribution in [0.15, 0.2) is 42.7 Å². The van der Waals surface area contributed by atoms with Gasteiger partial charge in [0, 0.05) is 11.4 Å². The summed E-state index contributed by atoms with van der Waals surface area (Å²) >= 11 is 0. The fraction of sp³-hybridized carbons (Fsp3) is 0.200. The number of nitrogens with zero attached hydrogens (tertiary/aromatic N) is 1. The maximum absolute atomic E-state index is 12.8. The van der Waals surface area contributed by atoms with Gasteiger partial charge in [-0.05, 0) is 45.0 Å². The van der Waals surface area contributed by atoms with Gasteiger partial charge in [0.15, 0.2) is 11.2 Å². The summed E-state index contributed by atoms with van der Waals surface area (Å²) in [4.78, 5) is 27.9. The Hall–Kier alpha value is -3.68. The zero-order chi connectivity index (χ0) is 19.7. The number of hydrogen-bond donors (Lipinski definition) is 3. The van der Waals surface area contributed by atoms with Crippen molar-refractivity contribution in [3.05, 3.63) is 50.6 Å². The van der Waals surface area contributed by atoms with Gasteiger partial charge in [0.05, 0.1) is 16.5 Å². The first-order valence-electron chi connectivity index (χ1n) is 8.88. The molecule has 0 amide bonds. The second-order valence-electron chi connectivity index (χ2n) is 7.13. The number of fused-ring (bicyclic) bond motifs is 4. The molecule has 4 aromatic heterocycles. The molecule has 5 aromatic rings. The van der Waals surface area contributed by atoms with E-state index in [2.05, 4.69) is 10.1 Å². The molecule has 0 unspecified atom stereocenters. The van der Waals surface area contributed by atoms with Gasteiger partial charge in [-0.25, -0.2) is 0 Å². The van der Waals surface area contributed by atoms with Gasteiger partial charge in [0.1, 0.15) is 17.2 Å². The number of H-pyrrole nitrogens is 2. The Bertz CT molecular complexity index is 1510. The van der Waals surface area contributed by atoms with Crippen LogP contribution in [0.4, 0.5) is 0 Å². The van der Waals surface area contributed by atoms with Gasteiger partial charge >= 0.3 is 0 Å². The molecular formula is C20H17N3O5. The van der Waals surface area contributed by atoms with E-state index in [-0.39, 0.29) is 17.2 Å². The van der Waals surface area contributed by atoms with E-state index in [0.717, 1.165) is 0 Å². The molecule has 8 heteroatoms. The van der Waals surface area contributed by atoms with Crippen molar-refractivity contribution in [3.63, 3.8) is 0 Å². The SMILES string of the molecule is Cc1ccc(-c2c3oc4c(O)c(=O)ccc4c3[nH]c3c2c(=O)[nH]n3C(C)C)o1. The highest BCUT2D eigenvalue weighted by Gasteiger charge is 2.25. The van der Waals surface area contributed by atoms with Crippen LogP contribution in [0.3, 0.4) is 0 Å². The van der Waals surface area contributed by atoms with Crippen LogP contribution < -0.4 is 11.0 Å². The average molecular weight is 379 g/mol. The zero-order valence-electron chi connectivity index (χ0n) is 15.4. The third-order valence-corrected chi connectivity index (χ3v) is 4.95. The molecule has 0 saturated carbocycles. The Balaban J connectivity index is 2.09. The second-order valence-corrected chi connectivity index (χ2v) is 7.13. The molecule has 0 aliphatic carbocycles. The standard InChI is InChI=1S/C20H17N3O5/c1-8(2)23-19-14(20(26)22-23)13(12-7-4-9(3)27-12)18-15(21-19)10-5-6-11(24)16(25)17(10)28-18/h4-8,21,25H,1-3H3,(H,22,26). The molecule has 0 aliphatic rings. The number of hydrogen-bond acceptors (Lipinski definition) is 5. The molecule has 0 radical (unpaired) electrons. The fourth-order valence-corrected chi connectivity index (χ4v) is 3.66. The van der Waals surface area contributed by atoms with Gasteiger partial charge in [-0.1, -0.05) is 0 Å². The summed E-state index contributed by atoms with van der Waals surface area (Å²) in [5, 5.41) is 14.0. The van der Waals surface area contributed by atoms with E-state index in [1.807, 2.05) is 20.8 Å². The number of phenols is 1. The number of rotatable bonds is 2. The maximum Gasteiger partial charge on any atom is 0.274 e. The van der Waals surface area contributed by atoms with Crippen LogP contribution in [0.1, 0.15) is 25.6 Å². The van der Waals surface area contributed by atoms with Crippen molar-refractivity contribution < 1.29 is 13.9 Å². The Morgan fingerprint density at radius 1 is 1.07 bits per heavy atom. The number of benzene rings is 1. The summed E-state index contributed by atoms with van der Waals surface area (Å²) in [5.74, 6) is 0.688. The van der Waals surface area contributed by atoms with Crippen LogP contribution in [0, 0.1) is 6.92 Å². The lowest BCUT2D eigenvalue weighted by atomic mass is 10.1. The summed E-state index contributed by atoms with van der Waals surface area (Å²) in [6.07, 6.45) is 0. The monoisotopic (exact) mass is 379 g/mol. The quantitative estimate of drug-likeness (QED) is 0.432. The highest BCUT2D eigenvalue weighted by atomic mass is 16.4. The van der Waals surface area contributed by atoms with Crippen LogP contribution >= 0.6 is 0 Å². The van der Waals surface area contributed by atoms with Crippen LogP contribution in [0.25, 0.3) is 44.4 Å². The summed E-state index contributed by atoms with van der Waals surface area (Å²) in [5.41, 5.74) is 1.20. The first kappa shape index (κ1) is 16.5. The lowest BCUT2D eigenvalue weighted by Crippen LogP contribution is -2.07. The molecule has 4 heterocycles. The minimum atomic E-state index is -0.531. The van der Waals surface area contributed by atoms with Gasteiger partial charge in [-0.3, -0.25) is 19.4 Å². The van der Waals surface area contributed by atoms with Crippen molar-refractivity contribution in [2.24, 2.45) is 0 Å². The second kappa shape index (κ2) is 5.41. The van der Waals surface area contributed by atoms with Crippen molar-refractivity contribution in [3.8, 4) is 17.1 Å². The van der Waals surface area contributed by atoms with Crippen LogP contribution in [0.5, 0.6) is 5.75 Å². The summed E-state index contributed by atoms with van der Waals surface area (Å²) < 4.78 is 13.4. The average Bonchev–Trinajstić information content (AvgIpc) is 3.33. The summed E-state index contributed by atoms with van der Waals surface area (Å²) in [7, 11) is 0. The summed E-state index contributed by atoms with van der Waals surface area (Å²) in [6, 6.07) is 6.43. The Labute approximate surface area is 157 Å². The van der Waals surface area contributed by atoms with Crippen LogP contribution in [0.2, 0.25) is 0 Å². The molecule has 0 spiro atoms. The van der Waals surface area contributed by atoms with Crippen LogP contribution in [-0.4, -0.2) is 19.9 Å². The Morgan fingerprint density at radius 3 is 2.54 bits per heavy atom. The van der Waals surface area contributed by atoms with E-state index in [9.17, 15) is 14.7 Å². The number of aromatic nitrogens is 3. The van der Waals surface area contributed by atoms with E-state index in [1.54, 1.807) is 22.9 Å². The molecule has 1 aromatic carbocycles. The molecule has 3 N–H and O–H groups in total. The molecule has 0 atom stereocenters. The van der Waals surface area contributed by atoms with E-state index in [4.69, 9.17) is 8.83 Å². The first-order valence-corrected chi connectivity index (χ1v) is 8.88. The van der Waals surface area contributed by atoms with E-state index in [1.165, 1.54) is 6.07 Å². The molecule has 0 fully saturated rings. The smallest absolute Gasteiger partial charge is 0.274 e. The number of furan rings is 2. The predicted molar refractivity (Wildman–Crippen MR) is 105 cm³/mol.